The summed E-state index contributed by atoms with van der Waals surface area (Å²) in [6.45, 7) is 4.96. The van der Waals surface area contributed by atoms with E-state index in [1.54, 1.807) is 6.92 Å². The first-order valence-corrected chi connectivity index (χ1v) is 9.91. The van der Waals surface area contributed by atoms with Crippen molar-refractivity contribution in [2.24, 2.45) is 0 Å². The normalized spacial score (nSPS) is 15.1. The summed E-state index contributed by atoms with van der Waals surface area (Å²) < 4.78 is 6.94. The van der Waals surface area contributed by atoms with Crippen molar-refractivity contribution in [1.82, 2.24) is 19.5 Å². The summed E-state index contributed by atoms with van der Waals surface area (Å²) in [6.07, 6.45) is 5.60. The van der Waals surface area contributed by atoms with Gasteiger partial charge in [0.2, 0.25) is 0 Å². The van der Waals surface area contributed by atoms with E-state index in [-0.39, 0.29) is 17.3 Å². The molecule has 1 saturated carbocycles. The Hall–Kier alpha value is -1.83. The fourth-order valence-corrected chi connectivity index (χ4v) is 4.04. The number of esters is 1. The van der Waals surface area contributed by atoms with E-state index in [2.05, 4.69) is 16.9 Å². The highest BCUT2D eigenvalue weighted by molar-refractivity contribution is 7.99. The van der Waals surface area contributed by atoms with E-state index in [0.29, 0.717) is 28.8 Å². The minimum Gasteiger partial charge on any atom is -0.465 e. The number of aromatic nitrogens is 4. The number of aryl methyl sites for hydroxylation is 1. The monoisotopic (exact) mass is 364 g/mol. The maximum Gasteiger partial charge on any atom is 0.316 e. The molecule has 2 aromatic rings. The van der Waals surface area contributed by atoms with Crippen LogP contribution in [0.1, 0.15) is 57.7 Å². The summed E-state index contributed by atoms with van der Waals surface area (Å²) in [4.78, 5) is 36.1. The molecule has 3 rings (SSSR count). The van der Waals surface area contributed by atoms with Gasteiger partial charge in [0.1, 0.15) is 5.82 Å². The summed E-state index contributed by atoms with van der Waals surface area (Å²) in [5.74, 6) is 1.20. The van der Waals surface area contributed by atoms with E-state index in [1.807, 2.05) is 4.57 Å². The van der Waals surface area contributed by atoms with Gasteiger partial charge in [-0.05, 0) is 26.2 Å². The summed E-state index contributed by atoms with van der Waals surface area (Å²) in [5, 5.41) is 0.407. The average Bonchev–Trinajstić information content (AvgIpc) is 3.21. The fraction of sp³-hybridized carbons (Fsp3) is 0.647. The first kappa shape index (κ1) is 18.0. The smallest absolute Gasteiger partial charge is 0.316 e. The number of thioether (sulfide) groups is 1. The minimum atomic E-state index is -0.321. The molecule has 2 aromatic heterocycles. The fourth-order valence-electron chi connectivity index (χ4n) is 3.38. The number of H-pyrrole nitrogens is 1. The Kier molecular flexibility index (Phi) is 5.78. The van der Waals surface area contributed by atoms with E-state index in [1.165, 1.54) is 24.6 Å². The van der Waals surface area contributed by atoms with Crippen LogP contribution in [0.3, 0.4) is 0 Å². The molecule has 7 nitrogen and oxygen atoms in total. The van der Waals surface area contributed by atoms with Crippen molar-refractivity contribution in [1.29, 1.82) is 0 Å². The van der Waals surface area contributed by atoms with Gasteiger partial charge < -0.3 is 9.30 Å². The predicted molar refractivity (Wildman–Crippen MR) is 97.0 cm³/mol. The Morgan fingerprint density at radius 3 is 2.76 bits per heavy atom. The van der Waals surface area contributed by atoms with Crippen LogP contribution in [0.5, 0.6) is 0 Å². The first-order valence-electron chi connectivity index (χ1n) is 8.92. The van der Waals surface area contributed by atoms with Gasteiger partial charge in [-0.3, -0.25) is 14.6 Å². The molecule has 0 amide bonds. The molecule has 0 aromatic carbocycles. The van der Waals surface area contributed by atoms with Crippen molar-refractivity contribution >= 4 is 28.9 Å². The van der Waals surface area contributed by atoms with Crippen molar-refractivity contribution in [3.63, 3.8) is 0 Å². The molecule has 1 aliphatic carbocycles. The molecule has 0 aliphatic heterocycles. The standard InChI is InChI=1S/C17H24N4O3S/c1-3-9-21-13-14(18-15(21)11-7-5-6-8-11)19-17(20-16(13)23)25-10-12(22)24-4-2/h11H,3-10H2,1-2H3,(H,19,20,23). The molecule has 0 radical (unpaired) electrons. The highest BCUT2D eigenvalue weighted by atomic mass is 32.2. The number of hydrogen-bond acceptors (Lipinski definition) is 6. The van der Waals surface area contributed by atoms with E-state index < -0.39 is 0 Å². The number of carbonyl (C=O) groups is 1. The minimum absolute atomic E-state index is 0.118. The maximum absolute atomic E-state index is 12.6. The van der Waals surface area contributed by atoms with Crippen molar-refractivity contribution in [3.8, 4) is 0 Å². The molecular formula is C17H24N4O3S. The number of imidazole rings is 1. The van der Waals surface area contributed by atoms with Gasteiger partial charge in [-0.2, -0.15) is 0 Å². The maximum atomic E-state index is 12.6. The third kappa shape index (κ3) is 3.89. The highest BCUT2D eigenvalue weighted by Crippen LogP contribution is 2.34. The second kappa shape index (κ2) is 8.03. The van der Waals surface area contributed by atoms with Gasteiger partial charge in [0.05, 0.1) is 12.4 Å². The van der Waals surface area contributed by atoms with Gasteiger partial charge in [0, 0.05) is 12.5 Å². The number of ether oxygens (including phenoxy) is 1. The van der Waals surface area contributed by atoms with Crippen LogP contribution >= 0.6 is 11.8 Å². The largest absolute Gasteiger partial charge is 0.465 e. The quantitative estimate of drug-likeness (QED) is 0.462. The second-order valence-electron chi connectivity index (χ2n) is 6.24. The molecule has 8 heteroatoms. The van der Waals surface area contributed by atoms with Crippen LogP contribution in [0.2, 0.25) is 0 Å². The molecule has 0 atom stereocenters. The van der Waals surface area contributed by atoms with Crippen molar-refractivity contribution in [2.45, 2.75) is 63.6 Å². The lowest BCUT2D eigenvalue weighted by atomic mass is 10.1. The number of fused-ring (bicyclic) bond motifs is 1. The molecule has 136 valence electrons. The molecule has 25 heavy (non-hydrogen) atoms. The third-order valence-corrected chi connectivity index (χ3v) is 5.27. The third-order valence-electron chi connectivity index (χ3n) is 4.42. The van der Waals surface area contributed by atoms with Crippen LogP contribution in [0.4, 0.5) is 0 Å². The molecule has 1 aliphatic rings. The lowest BCUT2D eigenvalue weighted by molar-refractivity contribution is -0.139. The predicted octanol–water partition coefficient (Wildman–Crippen LogP) is 2.84. The summed E-state index contributed by atoms with van der Waals surface area (Å²) in [5.41, 5.74) is 0.830. The number of aromatic amines is 1. The number of carbonyl (C=O) groups excluding carboxylic acids is 1. The number of rotatable bonds is 7. The molecule has 0 unspecified atom stereocenters. The van der Waals surface area contributed by atoms with Crippen molar-refractivity contribution in [3.05, 3.63) is 16.2 Å². The zero-order valence-electron chi connectivity index (χ0n) is 14.7. The zero-order chi connectivity index (χ0) is 17.8. The van der Waals surface area contributed by atoms with Gasteiger partial charge in [0.25, 0.3) is 5.56 Å². The summed E-state index contributed by atoms with van der Waals surface area (Å²) in [7, 11) is 0. The topological polar surface area (TPSA) is 89.9 Å². The average molecular weight is 364 g/mol. The first-order chi connectivity index (χ1) is 12.1. The summed E-state index contributed by atoms with van der Waals surface area (Å²) >= 11 is 1.17. The van der Waals surface area contributed by atoms with Crippen LogP contribution in [-0.2, 0) is 16.1 Å². The molecule has 2 heterocycles. The highest BCUT2D eigenvalue weighted by Gasteiger charge is 2.25. The van der Waals surface area contributed by atoms with Gasteiger partial charge in [-0.1, -0.05) is 31.5 Å². The molecule has 1 fully saturated rings. The van der Waals surface area contributed by atoms with Crippen LogP contribution in [0, 0.1) is 0 Å². The van der Waals surface area contributed by atoms with Crippen molar-refractivity contribution < 1.29 is 9.53 Å². The molecule has 0 saturated heterocycles. The Bertz CT molecular complexity index is 808. The van der Waals surface area contributed by atoms with Crippen molar-refractivity contribution in [2.75, 3.05) is 12.4 Å². The number of hydrogen-bond donors (Lipinski definition) is 1. The van der Waals surface area contributed by atoms with Crippen LogP contribution < -0.4 is 5.56 Å². The lowest BCUT2D eigenvalue weighted by Crippen LogP contribution is -2.16. The SMILES string of the molecule is CCCn1c(C2CCCC2)nc2nc(SCC(=O)OCC)[nH]c(=O)c21. The Morgan fingerprint density at radius 1 is 1.32 bits per heavy atom. The summed E-state index contributed by atoms with van der Waals surface area (Å²) in [6, 6.07) is 0. The van der Waals surface area contributed by atoms with Gasteiger partial charge in [-0.25, -0.2) is 9.97 Å². The zero-order valence-corrected chi connectivity index (χ0v) is 15.5. The molecule has 0 spiro atoms. The van der Waals surface area contributed by atoms with Crippen LogP contribution in [-0.4, -0.2) is 37.8 Å². The Labute approximate surface area is 150 Å². The Balaban J connectivity index is 1.94. The lowest BCUT2D eigenvalue weighted by Gasteiger charge is -2.11. The Morgan fingerprint density at radius 2 is 2.08 bits per heavy atom. The van der Waals surface area contributed by atoms with Gasteiger partial charge in [0.15, 0.2) is 16.3 Å². The van der Waals surface area contributed by atoms with E-state index in [9.17, 15) is 9.59 Å². The van der Waals surface area contributed by atoms with Crippen LogP contribution in [0.25, 0.3) is 11.2 Å². The molecule has 1 N–H and O–H groups in total. The van der Waals surface area contributed by atoms with Gasteiger partial charge >= 0.3 is 5.97 Å². The molecule has 0 bridgehead atoms. The van der Waals surface area contributed by atoms with E-state index in [0.717, 1.165) is 31.6 Å². The van der Waals surface area contributed by atoms with Crippen LogP contribution in [0.15, 0.2) is 9.95 Å². The van der Waals surface area contributed by atoms with E-state index >= 15 is 0 Å². The van der Waals surface area contributed by atoms with E-state index in [4.69, 9.17) is 9.72 Å². The number of nitrogens with one attached hydrogen (secondary N) is 1. The molecular weight excluding hydrogens is 340 g/mol. The van der Waals surface area contributed by atoms with Gasteiger partial charge in [-0.15, -0.1) is 0 Å². The number of nitrogens with zero attached hydrogens (tertiary/aromatic N) is 3. The second-order valence-corrected chi connectivity index (χ2v) is 7.20.